The number of nitrogens with zero attached hydrogens (tertiary/aromatic N) is 4. The molecule has 0 saturated carbocycles. The zero-order valence-electron chi connectivity index (χ0n) is 18.2. The van der Waals surface area contributed by atoms with E-state index in [1.54, 1.807) is 18.3 Å². The van der Waals surface area contributed by atoms with Gasteiger partial charge in [0.05, 0.1) is 16.5 Å². The van der Waals surface area contributed by atoms with Crippen LogP contribution in [0.25, 0.3) is 10.9 Å². The van der Waals surface area contributed by atoms with Gasteiger partial charge in [-0.05, 0) is 30.7 Å². The van der Waals surface area contributed by atoms with E-state index >= 15 is 0 Å². The van der Waals surface area contributed by atoms with Gasteiger partial charge >= 0.3 is 0 Å². The number of benzene rings is 2. The Kier molecular flexibility index (Phi) is 5.89. The van der Waals surface area contributed by atoms with Crippen LogP contribution in [0.1, 0.15) is 36.9 Å². The molecule has 1 aliphatic heterocycles. The Morgan fingerprint density at radius 1 is 0.935 bits per heavy atom. The molecule has 1 aliphatic rings. The van der Waals surface area contributed by atoms with Crippen LogP contribution in [0.4, 0.5) is 0 Å². The van der Waals surface area contributed by atoms with Gasteiger partial charge in [0.15, 0.2) is 0 Å². The molecule has 4 rings (SSSR count). The van der Waals surface area contributed by atoms with Crippen LogP contribution < -0.4 is 0 Å². The van der Waals surface area contributed by atoms with Crippen LogP contribution in [0.5, 0.6) is 0 Å². The molecule has 0 amide bonds. The first-order valence-electron chi connectivity index (χ1n) is 10.6. The van der Waals surface area contributed by atoms with E-state index in [0.717, 1.165) is 42.7 Å². The van der Waals surface area contributed by atoms with Crippen molar-refractivity contribution in [1.29, 1.82) is 5.26 Å². The second-order valence-electron chi connectivity index (χ2n) is 8.47. The molecule has 1 saturated heterocycles. The summed E-state index contributed by atoms with van der Waals surface area (Å²) in [4.78, 5) is 4.69. The zero-order chi connectivity index (χ0) is 22.2. The maximum absolute atomic E-state index is 13.8. The molecule has 1 atom stereocenters. The van der Waals surface area contributed by atoms with Crippen molar-refractivity contribution < 1.29 is 8.42 Å². The number of rotatable bonds is 5. The first-order valence-corrected chi connectivity index (χ1v) is 12.0. The lowest BCUT2D eigenvalue weighted by Gasteiger charge is -2.35. The van der Waals surface area contributed by atoms with Crippen molar-refractivity contribution >= 4 is 20.9 Å². The maximum atomic E-state index is 13.8. The van der Waals surface area contributed by atoms with Crippen LogP contribution in [0.2, 0.25) is 0 Å². The molecule has 0 radical (unpaired) electrons. The number of hydrogen-bond donors (Lipinski definition) is 0. The highest BCUT2D eigenvalue weighted by Crippen LogP contribution is 2.34. The molecule has 162 valence electrons. The number of para-hydroxylation sites is 1. The van der Waals surface area contributed by atoms with Crippen molar-refractivity contribution in [2.24, 2.45) is 0 Å². The molecule has 1 aromatic heterocycles. The van der Waals surface area contributed by atoms with E-state index in [-0.39, 0.29) is 5.92 Å². The average molecular weight is 437 g/mol. The Hall–Kier alpha value is -2.66. The third-order valence-electron chi connectivity index (χ3n) is 6.11. The van der Waals surface area contributed by atoms with Crippen LogP contribution in [0.3, 0.4) is 0 Å². The van der Waals surface area contributed by atoms with E-state index in [2.05, 4.69) is 22.9 Å². The van der Waals surface area contributed by atoms with Crippen LogP contribution in [0, 0.1) is 11.3 Å². The minimum atomic E-state index is -3.82. The summed E-state index contributed by atoms with van der Waals surface area (Å²) in [6, 6.07) is 16.5. The Morgan fingerprint density at radius 3 is 2.26 bits per heavy atom. The molecule has 0 spiro atoms. The predicted molar refractivity (Wildman–Crippen MR) is 122 cm³/mol. The lowest BCUT2D eigenvalue weighted by atomic mass is 10.0. The largest absolute Gasteiger partial charge is 0.304 e. The summed E-state index contributed by atoms with van der Waals surface area (Å²) in [6.45, 7) is 7.31. The molecule has 1 fully saturated rings. The van der Waals surface area contributed by atoms with Gasteiger partial charge in [0.25, 0.3) is 10.0 Å². The SMILES string of the molecule is CC(C)c1ccccc1S(=O)(=O)n1cc([C@@H](C#N)N2CCN(C)CC2)c2ccccc21. The van der Waals surface area contributed by atoms with Gasteiger partial charge in [-0.25, -0.2) is 12.4 Å². The molecular weight excluding hydrogens is 408 g/mol. The monoisotopic (exact) mass is 436 g/mol. The Labute approximate surface area is 184 Å². The van der Waals surface area contributed by atoms with Crippen molar-refractivity contribution in [3.8, 4) is 6.07 Å². The highest BCUT2D eigenvalue weighted by molar-refractivity contribution is 7.90. The molecule has 2 heterocycles. The van der Waals surface area contributed by atoms with Gasteiger partial charge < -0.3 is 4.90 Å². The Balaban J connectivity index is 1.87. The lowest BCUT2D eigenvalue weighted by molar-refractivity contribution is 0.133. The molecule has 31 heavy (non-hydrogen) atoms. The molecule has 6 nitrogen and oxygen atoms in total. The number of piperazine rings is 1. The minimum Gasteiger partial charge on any atom is -0.304 e. The van der Waals surface area contributed by atoms with E-state index in [1.807, 2.05) is 50.2 Å². The first kappa shape index (κ1) is 21.6. The van der Waals surface area contributed by atoms with Crippen LogP contribution in [-0.4, -0.2) is 55.4 Å². The van der Waals surface area contributed by atoms with Gasteiger partial charge in [0.2, 0.25) is 0 Å². The standard InChI is InChI=1S/C24H28N4O2S/c1-18(2)19-8-5-7-11-24(19)31(29,30)28-17-21(20-9-4-6-10-22(20)28)23(16-25)27-14-12-26(3)13-15-27/h4-11,17-18,23H,12-15H2,1-3H3/t23-/m1/s1. The quantitative estimate of drug-likeness (QED) is 0.608. The van der Waals surface area contributed by atoms with Crippen molar-refractivity contribution in [3.63, 3.8) is 0 Å². The predicted octanol–water partition coefficient (Wildman–Crippen LogP) is 3.81. The van der Waals surface area contributed by atoms with E-state index in [9.17, 15) is 13.7 Å². The molecule has 0 unspecified atom stereocenters. The van der Waals surface area contributed by atoms with E-state index < -0.39 is 16.1 Å². The second-order valence-corrected chi connectivity index (χ2v) is 10.2. The van der Waals surface area contributed by atoms with Gasteiger partial charge in [0, 0.05) is 43.3 Å². The molecule has 0 bridgehead atoms. The summed E-state index contributed by atoms with van der Waals surface area (Å²) in [6.07, 6.45) is 1.66. The van der Waals surface area contributed by atoms with Gasteiger partial charge in [0.1, 0.15) is 6.04 Å². The van der Waals surface area contributed by atoms with E-state index in [4.69, 9.17) is 0 Å². The van der Waals surface area contributed by atoms with Crippen molar-refractivity contribution in [1.82, 2.24) is 13.8 Å². The smallest absolute Gasteiger partial charge is 0.268 e. The topological polar surface area (TPSA) is 69.3 Å². The summed E-state index contributed by atoms with van der Waals surface area (Å²) in [5.74, 6) is 0.0736. The number of aromatic nitrogens is 1. The highest BCUT2D eigenvalue weighted by Gasteiger charge is 2.30. The van der Waals surface area contributed by atoms with Crippen LogP contribution in [-0.2, 0) is 10.0 Å². The van der Waals surface area contributed by atoms with E-state index in [0.29, 0.717) is 10.4 Å². The molecular formula is C24H28N4O2S. The number of hydrogen-bond acceptors (Lipinski definition) is 5. The van der Waals surface area contributed by atoms with Crippen molar-refractivity contribution in [2.75, 3.05) is 33.2 Å². The minimum absolute atomic E-state index is 0.0736. The first-order chi connectivity index (χ1) is 14.8. The summed E-state index contributed by atoms with van der Waals surface area (Å²) in [7, 11) is -1.75. The number of fused-ring (bicyclic) bond motifs is 1. The normalized spacial score (nSPS) is 17.1. The Bertz CT molecular complexity index is 1230. The van der Waals surface area contributed by atoms with Crippen molar-refractivity contribution in [3.05, 3.63) is 65.9 Å². The third kappa shape index (κ3) is 3.87. The summed E-state index contributed by atoms with van der Waals surface area (Å²) in [5.41, 5.74) is 2.14. The zero-order valence-corrected chi connectivity index (χ0v) is 19.0. The van der Waals surface area contributed by atoms with Gasteiger partial charge in [-0.15, -0.1) is 0 Å². The summed E-state index contributed by atoms with van der Waals surface area (Å²) >= 11 is 0. The molecule has 3 aromatic rings. The third-order valence-corrected chi connectivity index (χ3v) is 7.85. The van der Waals surface area contributed by atoms with Crippen LogP contribution >= 0.6 is 0 Å². The summed E-state index contributed by atoms with van der Waals surface area (Å²) < 4.78 is 28.9. The van der Waals surface area contributed by atoms with Gasteiger partial charge in [-0.3, -0.25) is 4.90 Å². The lowest BCUT2D eigenvalue weighted by Crippen LogP contribution is -2.45. The second kappa shape index (κ2) is 8.46. The fourth-order valence-corrected chi connectivity index (χ4v) is 6.05. The van der Waals surface area contributed by atoms with Gasteiger partial charge in [-0.1, -0.05) is 50.2 Å². The molecule has 0 N–H and O–H groups in total. The highest BCUT2D eigenvalue weighted by atomic mass is 32.2. The number of likely N-dealkylation sites (N-methyl/N-ethyl adjacent to an activating group) is 1. The average Bonchev–Trinajstić information content (AvgIpc) is 3.16. The van der Waals surface area contributed by atoms with Crippen molar-refractivity contribution in [2.45, 2.75) is 30.7 Å². The Morgan fingerprint density at radius 2 is 1.58 bits per heavy atom. The summed E-state index contributed by atoms with van der Waals surface area (Å²) in [5, 5.41) is 10.8. The molecule has 7 heteroatoms. The van der Waals surface area contributed by atoms with E-state index in [1.165, 1.54) is 3.97 Å². The molecule has 2 aromatic carbocycles. The molecule has 0 aliphatic carbocycles. The fraction of sp³-hybridized carbons (Fsp3) is 0.375. The maximum Gasteiger partial charge on any atom is 0.268 e. The van der Waals surface area contributed by atoms with Gasteiger partial charge in [-0.2, -0.15) is 5.26 Å². The fourth-order valence-electron chi connectivity index (χ4n) is 4.32. The number of nitriles is 1. The van der Waals surface area contributed by atoms with Crippen LogP contribution in [0.15, 0.2) is 59.6 Å².